The van der Waals surface area contributed by atoms with E-state index >= 15 is 0 Å². The van der Waals surface area contributed by atoms with E-state index in [0.717, 1.165) is 11.8 Å². The van der Waals surface area contributed by atoms with Crippen molar-refractivity contribution in [2.24, 2.45) is 0 Å². The van der Waals surface area contributed by atoms with Crippen LogP contribution in [0.2, 0.25) is 5.02 Å². The number of phenols is 1. The Bertz CT molecular complexity index is 1120. The summed E-state index contributed by atoms with van der Waals surface area (Å²) in [5, 5.41) is 33.7. The molecule has 1 amide bonds. The number of nitro benzene ring substituents is 1. The highest BCUT2D eigenvalue weighted by molar-refractivity contribution is 6.31. The standard InChI is InChI=1S/C21H19ClN4O6/c1-31-19-10-13(9-18(20(19)27)26(29)30)8-14(12-23)21(28)24-16-11-15(22)2-3-17(16)25-4-6-32-7-5-25/h2-3,8-11,27H,4-7H2,1H3,(H,24,28)/b14-8+. The molecule has 0 radical (unpaired) electrons. The fraction of sp³-hybridized carbons (Fsp3) is 0.238. The number of benzene rings is 2. The van der Waals surface area contributed by atoms with Crippen molar-refractivity contribution in [1.29, 1.82) is 5.26 Å². The molecule has 0 aliphatic carbocycles. The molecular formula is C21H19ClN4O6. The number of ether oxygens (including phenoxy) is 2. The first-order chi connectivity index (χ1) is 15.3. The van der Waals surface area contributed by atoms with E-state index < -0.39 is 22.3 Å². The summed E-state index contributed by atoms with van der Waals surface area (Å²) in [6.07, 6.45) is 1.17. The molecule has 0 aromatic heterocycles. The van der Waals surface area contributed by atoms with Crippen molar-refractivity contribution in [2.45, 2.75) is 0 Å². The van der Waals surface area contributed by atoms with Crippen molar-refractivity contribution >= 4 is 40.6 Å². The van der Waals surface area contributed by atoms with Crippen LogP contribution in [0.15, 0.2) is 35.9 Å². The number of hydrogen-bond acceptors (Lipinski definition) is 8. The average molecular weight is 459 g/mol. The number of nitrogens with zero attached hydrogens (tertiary/aromatic N) is 3. The van der Waals surface area contributed by atoms with Gasteiger partial charge in [0.25, 0.3) is 5.91 Å². The van der Waals surface area contributed by atoms with Crippen LogP contribution >= 0.6 is 11.6 Å². The van der Waals surface area contributed by atoms with Crippen LogP contribution in [-0.2, 0) is 9.53 Å². The highest BCUT2D eigenvalue weighted by Crippen LogP contribution is 2.37. The predicted molar refractivity (Wildman–Crippen MR) is 118 cm³/mol. The lowest BCUT2D eigenvalue weighted by atomic mass is 10.1. The van der Waals surface area contributed by atoms with E-state index in [-0.39, 0.29) is 16.9 Å². The molecule has 166 valence electrons. The molecule has 1 aliphatic heterocycles. The smallest absolute Gasteiger partial charge is 0.315 e. The molecule has 0 atom stereocenters. The van der Waals surface area contributed by atoms with E-state index in [1.807, 2.05) is 4.90 Å². The fourth-order valence-corrected chi connectivity index (χ4v) is 3.36. The highest BCUT2D eigenvalue weighted by atomic mass is 35.5. The Morgan fingerprint density at radius 1 is 1.38 bits per heavy atom. The second-order valence-electron chi connectivity index (χ2n) is 6.73. The minimum atomic E-state index is -0.790. The second kappa shape index (κ2) is 10.00. The van der Waals surface area contributed by atoms with Gasteiger partial charge in [0, 0.05) is 24.2 Å². The lowest BCUT2D eigenvalue weighted by molar-refractivity contribution is -0.386. The average Bonchev–Trinajstić information content (AvgIpc) is 2.78. The zero-order valence-corrected chi connectivity index (χ0v) is 17.8. The van der Waals surface area contributed by atoms with Gasteiger partial charge in [0.2, 0.25) is 5.75 Å². The molecule has 1 aliphatic rings. The third kappa shape index (κ3) is 5.08. The van der Waals surface area contributed by atoms with Crippen LogP contribution in [0.5, 0.6) is 11.5 Å². The normalized spacial score (nSPS) is 13.9. The zero-order chi connectivity index (χ0) is 23.3. The van der Waals surface area contributed by atoms with Gasteiger partial charge in [0.15, 0.2) is 5.75 Å². The molecule has 2 aromatic rings. The number of nitriles is 1. The number of nitro groups is 1. The summed E-state index contributed by atoms with van der Waals surface area (Å²) in [4.78, 5) is 25.3. The van der Waals surface area contributed by atoms with Gasteiger partial charge in [0.1, 0.15) is 11.6 Å². The van der Waals surface area contributed by atoms with E-state index in [0.29, 0.717) is 37.0 Å². The molecule has 0 bridgehead atoms. The maximum absolute atomic E-state index is 12.8. The first kappa shape index (κ1) is 22.9. The van der Waals surface area contributed by atoms with E-state index in [1.54, 1.807) is 24.3 Å². The summed E-state index contributed by atoms with van der Waals surface area (Å²) in [7, 11) is 1.23. The van der Waals surface area contributed by atoms with Crippen molar-refractivity contribution in [3.8, 4) is 17.6 Å². The van der Waals surface area contributed by atoms with E-state index in [2.05, 4.69) is 5.32 Å². The molecule has 1 saturated heterocycles. The van der Waals surface area contributed by atoms with Gasteiger partial charge >= 0.3 is 5.69 Å². The summed E-state index contributed by atoms with van der Waals surface area (Å²) in [6.45, 7) is 2.34. The van der Waals surface area contributed by atoms with Crippen LogP contribution in [0.3, 0.4) is 0 Å². The van der Waals surface area contributed by atoms with Crippen molar-refractivity contribution < 1.29 is 24.3 Å². The zero-order valence-electron chi connectivity index (χ0n) is 17.0. The van der Waals surface area contributed by atoms with E-state index in [9.17, 15) is 25.3 Å². The number of carbonyl (C=O) groups is 1. The number of amides is 1. The third-order valence-electron chi connectivity index (χ3n) is 4.73. The van der Waals surface area contributed by atoms with Crippen LogP contribution in [0, 0.1) is 21.4 Å². The minimum absolute atomic E-state index is 0.137. The molecule has 1 heterocycles. The summed E-state index contributed by atoms with van der Waals surface area (Å²) in [6, 6.07) is 9.17. The van der Waals surface area contributed by atoms with Gasteiger partial charge in [-0.15, -0.1) is 0 Å². The molecule has 1 fully saturated rings. The Morgan fingerprint density at radius 3 is 2.72 bits per heavy atom. The number of phenolic OH excluding ortho intramolecular Hbond substituents is 1. The molecule has 2 aromatic carbocycles. The number of nitrogens with one attached hydrogen (secondary N) is 1. The van der Waals surface area contributed by atoms with E-state index in [4.69, 9.17) is 21.1 Å². The number of aromatic hydroxyl groups is 1. The number of morpholine rings is 1. The lowest BCUT2D eigenvalue weighted by Gasteiger charge is -2.30. The fourth-order valence-electron chi connectivity index (χ4n) is 3.19. The number of rotatable bonds is 6. The maximum atomic E-state index is 12.8. The Morgan fingerprint density at radius 2 is 2.09 bits per heavy atom. The van der Waals surface area contributed by atoms with Crippen molar-refractivity contribution in [3.63, 3.8) is 0 Å². The first-order valence-electron chi connectivity index (χ1n) is 9.44. The molecule has 2 N–H and O–H groups in total. The van der Waals surface area contributed by atoms with Gasteiger partial charge < -0.3 is 24.8 Å². The largest absolute Gasteiger partial charge is 0.500 e. The second-order valence-corrected chi connectivity index (χ2v) is 7.17. The van der Waals surface area contributed by atoms with Crippen molar-refractivity contribution in [1.82, 2.24) is 0 Å². The molecule has 10 nitrogen and oxygen atoms in total. The van der Waals surface area contributed by atoms with Crippen LogP contribution in [0.25, 0.3) is 6.08 Å². The van der Waals surface area contributed by atoms with Gasteiger partial charge in [0.05, 0.1) is 36.6 Å². The predicted octanol–water partition coefficient (Wildman–Crippen LogP) is 3.34. The highest BCUT2D eigenvalue weighted by Gasteiger charge is 2.21. The van der Waals surface area contributed by atoms with Gasteiger partial charge in [-0.25, -0.2) is 0 Å². The topological polar surface area (TPSA) is 138 Å². The molecule has 0 saturated carbocycles. The molecular weight excluding hydrogens is 440 g/mol. The molecule has 11 heteroatoms. The monoisotopic (exact) mass is 458 g/mol. The van der Waals surface area contributed by atoms with Crippen molar-refractivity contribution in [3.05, 3.63) is 56.6 Å². The van der Waals surface area contributed by atoms with Gasteiger partial charge in [-0.2, -0.15) is 5.26 Å². The lowest BCUT2D eigenvalue weighted by Crippen LogP contribution is -2.36. The quantitative estimate of drug-likeness (QED) is 0.291. The van der Waals surface area contributed by atoms with Gasteiger partial charge in [-0.1, -0.05) is 11.6 Å². The van der Waals surface area contributed by atoms with Crippen molar-refractivity contribution in [2.75, 3.05) is 43.6 Å². The molecule has 32 heavy (non-hydrogen) atoms. The number of anilines is 2. The summed E-state index contributed by atoms with van der Waals surface area (Å²) >= 11 is 6.10. The van der Waals surface area contributed by atoms with Crippen LogP contribution < -0.4 is 15.0 Å². The van der Waals surface area contributed by atoms with E-state index in [1.165, 1.54) is 19.3 Å². The van der Waals surface area contributed by atoms with Gasteiger partial charge in [-0.05, 0) is 35.9 Å². The number of methoxy groups -OCH3 is 1. The minimum Gasteiger partial charge on any atom is -0.500 e. The first-order valence-corrected chi connectivity index (χ1v) is 9.82. The Labute approximate surface area is 188 Å². The Hall–Kier alpha value is -3.81. The van der Waals surface area contributed by atoms with Crippen LogP contribution in [0.1, 0.15) is 5.56 Å². The Kier molecular flexibility index (Phi) is 7.14. The SMILES string of the molecule is COc1cc(/C=C(\C#N)C(=O)Nc2cc(Cl)ccc2N2CCOCC2)cc([N+](=O)[O-])c1O. The summed E-state index contributed by atoms with van der Waals surface area (Å²) in [5.74, 6) is -1.53. The summed E-state index contributed by atoms with van der Waals surface area (Å²) in [5.41, 5.74) is 0.361. The molecule has 0 unspecified atom stereocenters. The number of hydrogen-bond donors (Lipinski definition) is 2. The Balaban J connectivity index is 1.93. The molecule has 3 rings (SSSR count). The van der Waals surface area contributed by atoms with Gasteiger partial charge in [-0.3, -0.25) is 14.9 Å². The summed E-state index contributed by atoms with van der Waals surface area (Å²) < 4.78 is 10.3. The van der Waals surface area contributed by atoms with Crippen LogP contribution in [0.4, 0.5) is 17.1 Å². The number of carbonyl (C=O) groups excluding carboxylic acids is 1. The maximum Gasteiger partial charge on any atom is 0.315 e. The molecule has 0 spiro atoms. The number of halogens is 1. The van der Waals surface area contributed by atoms with Crippen LogP contribution in [-0.4, -0.2) is 49.4 Å². The third-order valence-corrected chi connectivity index (χ3v) is 4.96.